The number of ether oxygens (including phenoxy) is 1. The van der Waals surface area contributed by atoms with Crippen molar-refractivity contribution in [3.8, 4) is 0 Å². The summed E-state index contributed by atoms with van der Waals surface area (Å²) >= 11 is 0. The predicted octanol–water partition coefficient (Wildman–Crippen LogP) is 2.89. The van der Waals surface area contributed by atoms with Gasteiger partial charge in [-0.1, -0.05) is 13.8 Å². The van der Waals surface area contributed by atoms with E-state index < -0.39 is 0 Å². The molecule has 6 heteroatoms. The van der Waals surface area contributed by atoms with Crippen LogP contribution in [0, 0.1) is 5.92 Å². The molecule has 0 aliphatic carbocycles. The van der Waals surface area contributed by atoms with E-state index in [9.17, 15) is 0 Å². The Balaban J connectivity index is 1.89. The molecule has 1 aromatic rings. The standard InChI is InChI=1S/C21H34N4O2/c1-16(2)21(20-22-9-14-27-20)18(24-10-5-6-11-24)17(15-26-4)19(23(21)3)25-12-7-8-13-25/h9,14,16,18H,5-8,10-13,15H2,1-4H3. The molecule has 2 fully saturated rings. The summed E-state index contributed by atoms with van der Waals surface area (Å²) in [5, 5.41) is 0. The molecule has 0 bridgehead atoms. The Hall–Kier alpha value is -1.53. The smallest absolute Gasteiger partial charge is 0.222 e. The molecular formula is C21H34N4O2. The highest BCUT2D eigenvalue weighted by molar-refractivity contribution is 5.37. The van der Waals surface area contributed by atoms with E-state index in [2.05, 4.69) is 35.6 Å². The number of hydrogen-bond donors (Lipinski definition) is 0. The Bertz CT molecular complexity index is 660. The number of likely N-dealkylation sites (N-methyl/N-ethyl adjacent to an activating group) is 1. The second-order valence-corrected chi connectivity index (χ2v) is 8.50. The van der Waals surface area contributed by atoms with Crippen LogP contribution in [0.25, 0.3) is 0 Å². The van der Waals surface area contributed by atoms with E-state index in [4.69, 9.17) is 14.1 Å². The Morgan fingerprint density at radius 3 is 2.41 bits per heavy atom. The Labute approximate surface area is 163 Å². The molecule has 2 atom stereocenters. The SMILES string of the molecule is COCC1=C(N2CCCC2)N(C)C(c2ncco2)(C(C)C)C1N1CCCC1. The monoisotopic (exact) mass is 374 g/mol. The van der Waals surface area contributed by atoms with Crippen molar-refractivity contribution in [3.05, 3.63) is 29.7 Å². The molecule has 0 spiro atoms. The first-order chi connectivity index (χ1) is 13.1. The van der Waals surface area contributed by atoms with E-state index in [1.54, 1.807) is 12.5 Å². The van der Waals surface area contributed by atoms with Crippen molar-refractivity contribution < 1.29 is 9.15 Å². The maximum Gasteiger partial charge on any atom is 0.222 e. The van der Waals surface area contributed by atoms with Gasteiger partial charge in [0.2, 0.25) is 5.89 Å². The maximum absolute atomic E-state index is 6.01. The van der Waals surface area contributed by atoms with Crippen LogP contribution in [0.3, 0.4) is 0 Å². The van der Waals surface area contributed by atoms with Crippen molar-refractivity contribution in [1.82, 2.24) is 19.7 Å². The molecule has 0 N–H and O–H groups in total. The summed E-state index contributed by atoms with van der Waals surface area (Å²) in [6.45, 7) is 9.79. The summed E-state index contributed by atoms with van der Waals surface area (Å²) in [5.74, 6) is 2.52. The summed E-state index contributed by atoms with van der Waals surface area (Å²) in [4.78, 5) is 12.4. The van der Waals surface area contributed by atoms with Crippen molar-refractivity contribution in [3.63, 3.8) is 0 Å². The number of likely N-dealkylation sites (tertiary alicyclic amines) is 2. The van der Waals surface area contributed by atoms with Crippen LogP contribution in [-0.2, 0) is 10.3 Å². The molecule has 4 rings (SSSR count). The average molecular weight is 375 g/mol. The molecule has 0 aromatic carbocycles. The largest absolute Gasteiger partial charge is 0.446 e. The van der Waals surface area contributed by atoms with Crippen LogP contribution in [-0.4, -0.2) is 72.7 Å². The number of aromatic nitrogens is 1. The minimum absolute atomic E-state index is 0.235. The molecule has 1 aromatic heterocycles. The van der Waals surface area contributed by atoms with Gasteiger partial charge in [-0.3, -0.25) is 4.90 Å². The number of methoxy groups -OCH3 is 1. The topological polar surface area (TPSA) is 45.0 Å². The van der Waals surface area contributed by atoms with E-state index >= 15 is 0 Å². The van der Waals surface area contributed by atoms with Gasteiger partial charge in [-0.15, -0.1) is 0 Å². The average Bonchev–Trinajstić information content (AvgIpc) is 3.43. The minimum Gasteiger partial charge on any atom is -0.446 e. The molecule has 0 saturated carbocycles. The van der Waals surface area contributed by atoms with E-state index in [1.165, 1.54) is 37.1 Å². The van der Waals surface area contributed by atoms with Crippen LogP contribution in [0.4, 0.5) is 0 Å². The van der Waals surface area contributed by atoms with Crippen LogP contribution in [0.5, 0.6) is 0 Å². The van der Waals surface area contributed by atoms with Gasteiger partial charge in [-0.2, -0.15) is 0 Å². The van der Waals surface area contributed by atoms with E-state index in [-0.39, 0.29) is 11.6 Å². The van der Waals surface area contributed by atoms with E-state index in [1.807, 2.05) is 7.11 Å². The third-order valence-electron chi connectivity index (χ3n) is 6.77. The molecule has 150 valence electrons. The number of nitrogens with zero attached hydrogens (tertiary/aromatic N) is 4. The first kappa shape index (κ1) is 18.8. The van der Waals surface area contributed by atoms with Crippen LogP contribution in [0.2, 0.25) is 0 Å². The third kappa shape index (κ3) is 2.80. The molecule has 4 heterocycles. The van der Waals surface area contributed by atoms with E-state index in [0.29, 0.717) is 12.5 Å². The van der Waals surface area contributed by atoms with Crippen molar-refractivity contribution >= 4 is 0 Å². The molecule has 2 unspecified atom stereocenters. The minimum atomic E-state index is -0.306. The van der Waals surface area contributed by atoms with Gasteiger partial charge in [0.05, 0.1) is 18.8 Å². The number of hydrogen-bond acceptors (Lipinski definition) is 6. The lowest BCUT2D eigenvalue weighted by atomic mass is 9.77. The van der Waals surface area contributed by atoms with Gasteiger partial charge >= 0.3 is 0 Å². The Morgan fingerprint density at radius 1 is 1.19 bits per heavy atom. The second-order valence-electron chi connectivity index (χ2n) is 8.50. The maximum atomic E-state index is 6.01. The lowest BCUT2D eigenvalue weighted by Crippen LogP contribution is -2.58. The predicted molar refractivity (Wildman–Crippen MR) is 105 cm³/mol. The van der Waals surface area contributed by atoms with Gasteiger partial charge < -0.3 is 19.0 Å². The molecule has 2 saturated heterocycles. The van der Waals surface area contributed by atoms with Crippen molar-refractivity contribution in [2.24, 2.45) is 5.92 Å². The first-order valence-electron chi connectivity index (χ1n) is 10.5. The van der Waals surface area contributed by atoms with Crippen molar-refractivity contribution in [2.45, 2.75) is 51.1 Å². The van der Waals surface area contributed by atoms with Crippen molar-refractivity contribution in [1.29, 1.82) is 0 Å². The first-order valence-corrected chi connectivity index (χ1v) is 10.5. The highest BCUT2D eigenvalue weighted by Crippen LogP contribution is 2.51. The van der Waals surface area contributed by atoms with Crippen LogP contribution >= 0.6 is 0 Å². The molecule has 0 amide bonds. The lowest BCUT2D eigenvalue weighted by Gasteiger charge is -2.47. The zero-order valence-electron chi connectivity index (χ0n) is 17.3. The highest BCUT2D eigenvalue weighted by atomic mass is 16.5. The van der Waals surface area contributed by atoms with Crippen LogP contribution in [0.1, 0.15) is 45.4 Å². The summed E-state index contributed by atoms with van der Waals surface area (Å²) in [5.41, 5.74) is 1.09. The van der Waals surface area contributed by atoms with E-state index in [0.717, 1.165) is 32.1 Å². The van der Waals surface area contributed by atoms with Crippen LogP contribution in [0.15, 0.2) is 28.3 Å². The zero-order chi connectivity index (χ0) is 19.0. The van der Waals surface area contributed by atoms with Gasteiger partial charge in [0.25, 0.3) is 0 Å². The molecule has 0 radical (unpaired) electrons. The molecule has 27 heavy (non-hydrogen) atoms. The number of oxazole rings is 1. The van der Waals surface area contributed by atoms with Gasteiger partial charge in [0.15, 0.2) is 0 Å². The summed E-state index contributed by atoms with van der Waals surface area (Å²) < 4.78 is 11.8. The zero-order valence-corrected chi connectivity index (χ0v) is 17.3. The summed E-state index contributed by atoms with van der Waals surface area (Å²) in [7, 11) is 4.06. The molecule has 3 aliphatic rings. The Kier molecular flexibility index (Phi) is 5.21. The fourth-order valence-electron chi connectivity index (χ4n) is 5.74. The quantitative estimate of drug-likeness (QED) is 0.763. The van der Waals surface area contributed by atoms with Crippen LogP contribution < -0.4 is 0 Å². The molecule has 6 nitrogen and oxygen atoms in total. The fraction of sp³-hybridized carbons (Fsp3) is 0.762. The lowest BCUT2D eigenvalue weighted by molar-refractivity contribution is 0.00447. The highest BCUT2D eigenvalue weighted by Gasteiger charge is 2.60. The Morgan fingerprint density at radius 2 is 1.85 bits per heavy atom. The second kappa shape index (κ2) is 7.47. The van der Waals surface area contributed by atoms with Gasteiger partial charge in [-0.25, -0.2) is 4.98 Å². The summed E-state index contributed by atoms with van der Waals surface area (Å²) in [6.07, 6.45) is 8.56. The van der Waals surface area contributed by atoms with Gasteiger partial charge in [-0.05, 0) is 44.7 Å². The third-order valence-corrected chi connectivity index (χ3v) is 6.77. The fourth-order valence-corrected chi connectivity index (χ4v) is 5.74. The van der Waals surface area contributed by atoms with Crippen molar-refractivity contribution in [2.75, 3.05) is 46.9 Å². The normalized spacial score (nSPS) is 29.7. The number of rotatable bonds is 6. The molecule has 3 aliphatic heterocycles. The summed E-state index contributed by atoms with van der Waals surface area (Å²) in [6, 6.07) is 0.235. The van der Waals surface area contributed by atoms with Gasteiger partial charge in [0.1, 0.15) is 17.6 Å². The molecular weight excluding hydrogens is 340 g/mol. The van der Waals surface area contributed by atoms with Gasteiger partial charge in [0, 0.05) is 32.8 Å².